The van der Waals surface area contributed by atoms with Crippen LogP contribution in [0.1, 0.15) is 22.3 Å². The molecule has 1 aliphatic rings. The lowest BCUT2D eigenvalue weighted by Crippen LogP contribution is -2.04. The summed E-state index contributed by atoms with van der Waals surface area (Å²) in [5.74, 6) is 2.70. The Kier molecular flexibility index (Phi) is 4.37. The van der Waals surface area contributed by atoms with Gasteiger partial charge >= 0.3 is 0 Å². The standard InChI is InChI=1S/C18H18O5/c1-20-13-5-6-14(17(10-13)21-2)15(19)7-3-12-4-8-16-18(9-12)23-11-22-16/h4-6,8-10H,3,7,11H2,1-2H3. The van der Waals surface area contributed by atoms with Gasteiger partial charge in [-0.05, 0) is 36.2 Å². The van der Waals surface area contributed by atoms with Crippen molar-refractivity contribution in [1.29, 1.82) is 0 Å². The number of rotatable bonds is 6. The van der Waals surface area contributed by atoms with Crippen LogP contribution in [0.3, 0.4) is 0 Å². The number of carbonyl (C=O) groups is 1. The zero-order valence-electron chi connectivity index (χ0n) is 13.1. The first kappa shape index (κ1) is 15.2. The molecule has 1 aliphatic heterocycles. The minimum absolute atomic E-state index is 0.0298. The molecule has 0 spiro atoms. The maximum Gasteiger partial charge on any atom is 0.231 e. The number of aryl methyl sites for hydroxylation is 1. The average molecular weight is 314 g/mol. The van der Waals surface area contributed by atoms with E-state index < -0.39 is 0 Å². The Hall–Kier alpha value is -2.69. The van der Waals surface area contributed by atoms with E-state index in [1.54, 1.807) is 32.4 Å². The summed E-state index contributed by atoms with van der Waals surface area (Å²) in [7, 11) is 3.12. The van der Waals surface area contributed by atoms with Crippen LogP contribution in [-0.2, 0) is 6.42 Å². The van der Waals surface area contributed by atoms with Gasteiger partial charge in [0.05, 0.1) is 19.8 Å². The third-order valence-corrected chi connectivity index (χ3v) is 3.79. The molecule has 23 heavy (non-hydrogen) atoms. The van der Waals surface area contributed by atoms with Crippen molar-refractivity contribution in [3.05, 3.63) is 47.5 Å². The lowest BCUT2D eigenvalue weighted by Gasteiger charge is -2.09. The van der Waals surface area contributed by atoms with E-state index >= 15 is 0 Å². The lowest BCUT2D eigenvalue weighted by molar-refractivity contribution is 0.0979. The second kappa shape index (κ2) is 6.60. The van der Waals surface area contributed by atoms with Gasteiger partial charge in [0.2, 0.25) is 6.79 Å². The first-order valence-corrected chi connectivity index (χ1v) is 7.35. The van der Waals surface area contributed by atoms with E-state index in [2.05, 4.69) is 0 Å². The predicted molar refractivity (Wildman–Crippen MR) is 84.8 cm³/mol. The molecule has 0 atom stereocenters. The molecule has 0 aromatic heterocycles. The summed E-state index contributed by atoms with van der Waals surface area (Å²) in [5.41, 5.74) is 1.60. The summed E-state index contributed by atoms with van der Waals surface area (Å²) in [6, 6.07) is 11.0. The molecule has 0 fully saturated rings. The fraction of sp³-hybridized carbons (Fsp3) is 0.278. The van der Waals surface area contributed by atoms with Crippen molar-refractivity contribution in [2.45, 2.75) is 12.8 Å². The largest absolute Gasteiger partial charge is 0.497 e. The maximum atomic E-state index is 12.5. The summed E-state index contributed by atoms with van der Waals surface area (Å²) < 4.78 is 21.1. The predicted octanol–water partition coefficient (Wildman–Crippen LogP) is 3.25. The first-order chi connectivity index (χ1) is 11.2. The van der Waals surface area contributed by atoms with Gasteiger partial charge in [-0.2, -0.15) is 0 Å². The number of ether oxygens (including phenoxy) is 4. The molecule has 0 saturated carbocycles. The van der Waals surface area contributed by atoms with E-state index in [9.17, 15) is 4.79 Å². The molecule has 0 saturated heterocycles. The van der Waals surface area contributed by atoms with Crippen LogP contribution < -0.4 is 18.9 Å². The average Bonchev–Trinajstić information content (AvgIpc) is 3.06. The lowest BCUT2D eigenvalue weighted by atomic mass is 10.0. The second-order valence-electron chi connectivity index (χ2n) is 5.18. The van der Waals surface area contributed by atoms with Gasteiger partial charge in [0, 0.05) is 12.5 Å². The van der Waals surface area contributed by atoms with Crippen molar-refractivity contribution in [2.75, 3.05) is 21.0 Å². The van der Waals surface area contributed by atoms with Crippen LogP contribution in [-0.4, -0.2) is 26.8 Å². The Bertz CT molecular complexity index is 723. The molecule has 0 bridgehead atoms. The van der Waals surface area contributed by atoms with Gasteiger partial charge in [-0.25, -0.2) is 0 Å². The van der Waals surface area contributed by atoms with Gasteiger partial charge in [0.25, 0.3) is 0 Å². The van der Waals surface area contributed by atoms with Gasteiger partial charge in [-0.3, -0.25) is 4.79 Å². The minimum atomic E-state index is 0.0298. The monoisotopic (exact) mass is 314 g/mol. The number of hydrogen-bond donors (Lipinski definition) is 0. The number of fused-ring (bicyclic) bond motifs is 1. The van der Waals surface area contributed by atoms with Crippen LogP contribution in [0, 0.1) is 0 Å². The summed E-state index contributed by atoms with van der Waals surface area (Å²) in [4.78, 5) is 12.5. The van der Waals surface area contributed by atoms with E-state index in [1.165, 1.54) is 0 Å². The third-order valence-electron chi connectivity index (χ3n) is 3.79. The Morgan fingerprint density at radius 1 is 1.04 bits per heavy atom. The second-order valence-corrected chi connectivity index (χ2v) is 5.18. The van der Waals surface area contributed by atoms with Gasteiger partial charge in [0.1, 0.15) is 11.5 Å². The minimum Gasteiger partial charge on any atom is -0.497 e. The Balaban J connectivity index is 1.70. The van der Waals surface area contributed by atoms with Crippen LogP contribution in [0.15, 0.2) is 36.4 Å². The maximum absolute atomic E-state index is 12.5. The first-order valence-electron chi connectivity index (χ1n) is 7.35. The molecule has 2 aromatic carbocycles. The normalized spacial score (nSPS) is 12.1. The number of benzene rings is 2. The zero-order valence-corrected chi connectivity index (χ0v) is 13.1. The molecule has 0 N–H and O–H groups in total. The van der Waals surface area contributed by atoms with Crippen molar-refractivity contribution in [1.82, 2.24) is 0 Å². The molecule has 0 radical (unpaired) electrons. The van der Waals surface area contributed by atoms with E-state index in [4.69, 9.17) is 18.9 Å². The highest BCUT2D eigenvalue weighted by molar-refractivity contribution is 5.99. The molecule has 120 valence electrons. The summed E-state index contributed by atoms with van der Waals surface area (Å²) >= 11 is 0. The highest BCUT2D eigenvalue weighted by atomic mass is 16.7. The van der Waals surface area contributed by atoms with Crippen LogP contribution in [0.2, 0.25) is 0 Å². The molecule has 5 heteroatoms. The fourth-order valence-electron chi connectivity index (χ4n) is 2.52. The number of Topliss-reactive ketones (excluding diaryl/α,β-unsaturated/α-hetero) is 1. The summed E-state index contributed by atoms with van der Waals surface area (Å²) in [6.07, 6.45) is 1.02. The molecule has 5 nitrogen and oxygen atoms in total. The number of methoxy groups -OCH3 is 2. The van der Waals surface area contributed by atoms with Crippen molar-refractivity contribution in [2.24, 2.45) is 0 Å². The van der Waals surface area contributed by atoms with Crippen LogP contribution in [0.4, 0.5) is 0 Å². The number of hydrogen-bond acceptors (Lipinski definition) is 5. The molecule has 2 aromatic rings. The van der Waals surface area contributed by atoms with Gasteiger partial charge in [-0.1, -0.05) is 6.07 Å². The third kappa shape index (κ3) is 3.23. The van der Waals surface area contributed by atoms with Gasteiger partial charge in [0.15, 0.2) is 17.3 Å². The quantitative estimate of drug-likeness (QED) is 0.766. The SMILES string of the molecule is COc1ccc(C(=O)CCc2ccc3c(c2)OCO3)c(OC)c1. The number of ketones is 1. The molecule has 1 heterocycles. The Labute approximate surface area is 134 Å². The highest BCUT2D eigenvalue weighted by Crippen LogP contribution is 2.33. The zero-order chi connectivity index (χ0) is 16.2. The summed E-state index contributed by atoms with van der Waals surface area (Å²) in [5, 5.41) is 0. The van der Waals surface area contributed by atoms with E-state index in [1.807, 2.05) is 18.2 Å². The van der Waals surface area contributed by atoms with Crippen LogP contribution in [0.5, 0.6) is 23.0 Å². The van der Waals surface area contributed by atoms with Gasteiger partial charge in [-0.15, -0.1) is 0 Å². The molecule has 0 aliphatic carbocycles. The van der Waals surface area contributed by atoms with Crippen molar-refractivity contribution in [3.63, 3.8) is 0 Å². The summed E-state index contributed by atoms with van der Waals surface area (Å²) in [6.45, 7) is 0.251. The molecule has 0 amide bonds. The van der Waals surface area contributed by atoms with Gasteiger partial charge < -0.3 is 18.9 Å². The Morgan fingerprint density at radius 3 is 2.65 bits per heavy atom. The number of carbonyl (C=O) groups excluding carboxylic acids is 1. The molecule has 0 unspecified atom stereocenters. The molecular formula is C18H18O5. The highest BCUT2D eigenvalue weighted by Gasteiger charge is 2.16. The van der Waals surface area contributed by atoms with Crippen molar-refractivity contribution >= 4 is 5.78 Å². The van der Waals surface area contributed by atoms with Crippen molar-refractivity contribution < 1.29 is 23.7 Å². The van der Waals surface area contributed by atoms with Crippen molar-refractivity contribution in [3.8, 4) is 23.0 Å². The van der Waals surface area contributed by atoms with Crippen LogP contribution in [0.25, 0.3) is 0 Å². The Morgan fingerprint density at radius 2 is 1.87 bits per heavy atom. The van der Waals surface area contributed by atoms with E-state index in [0.29, 0.717) is 29.9 Å². The van der Waals surface area contributed by atoms with E-state index in [-0.39, 0.29) is 12.6 Å². The smallest absolute Gasteiger partial charge is 0.231 e. The fourth-order valence-corrected chi connectivity index (χ4v) is 2.52. The molecule has 3 rings (SSSR count). The van der Waals surface area contributed by atoms with Crippen LogP contribution >= 0.6 is 0 Å². The topological polar surface area (TPSA) is 54.0 Å². The van der Waals surface area contributed by atoms with E-state index in [0.717, 1.165) is 17.1 Å². The molecular weight excluding hydrogens is 296 g/mol.